The molecule has 0 saturated heterocycles. The number of carboxylic acids is 1. The summed E-state index contributed by atoms with van der Waals surface area (Å²) in [6.45, 7) is 3.31. The number of thiophene rings is 1. The lowest BCUT2D eigenvalue weighted by molar-refractivity contribution is 0.0618. The average Bonchev–Trinajstić information content (AvgIpc) is 3.22. The molecule has 8 heteroatoms. The van der Waals surface area contributed by atoms with Gasteiger partial charge >= 0.3 is 5.97 Å². The van der Waals surface area contributed by atoms with E-state index in [-0.39, 0.29) is 18.2 Å². The molecule has 7 nitrogen and oxygen atoms in total. The Hall–Kier alpha value is -2.32. The van der Waals surface area contributed by atoms with Crippen molar-refractivity contribution >= 4 is 23.2 Å². The van der Waals surface area contributed by atoms with Crippen LogP contribution in [0.4, 0.5) is 0 Å². The number of methoxy groups -OCH3 is 1. The van der Waals surface area contributed by atoms with Crippen LogP contribution in [0.3, 0.4) is 0 Å². The molecule has 1 N–H and O–H groups in total. The van der Waals surface area contributed by atoms with E-state index in [9.17, 15) is 9.59 Å². The van der Waals surface area contributed by atoms with Gasteiger partial charge in [0.2, 0.25) is 5.76 Å². The summed E-state index contributed by atoms with van der Waals surface area (Å²) in [5.41, 5.74) is 0. The van der Waals surface area contributed by atoms with Crippen LogP contribution in [0.25, 0.3) is 0 Å². The lowest BCUT2D eigenvalue weighted by Gasteiger charge is -2.21. The third kappa shape index (κ3) is 4.36. The Morgan fingerprint density at radius 1 is 1.33 bits per heavy atom. The Bertz CT molecular complexity index is 692. The normalized spacial score (nSPS) is 10.6. The van der Waals surface area contributed by atoms with Crippen molar-refractivity contribution in [3.8, 4) is 5.75 Å². The minimum atomic E-state index is -1.15. The number of rotatable bonds is 9. The van der Waals surface area contributed by atoms with Crippen LogP contribution in [-0.2, 0) is 11.3 Å². The van der Waals surface area contributed by atoms with Gasteiger partial charge in [-0.2, -0.15) is 0 Å². The van der Waals surface area contributed by atoms with Crippen molar-refractivity contribution in [2.45, 2.75) is 13.5 Å². The zero-order valence-corrected chi connectivity index (χ0v) is 14.3. The second-order valence-electron chi connectivity index (χ2n) is 4.81. The standard InChI is InChI=1S/C16H19NO6S/c1-3-22-8-7-17(10-11-4-5-13(23-11)16(19)20)15(18)14-12(21-2)6-9-24-14/h4-6,9H,3,7-8,10H2,1-2H3,(H,19,20). The third-order valence-corrected chi connectivity index (χ3v) is 4.14. The van der Waals surface area contributed by atoms with Gasteiger partial charge in [0.1, 0.15) is 16.4 Å². The van der Waals surface area contributed by atoms with Crippen LogP contribution in [0.15, 0.2) is 28.0 Å². The van der Waals surface area contributed by atoms with Crippen molar-refractivity contribution in [3.05, 3.63) is 40.0 Å². The van der Waals surface area contributed by atoms with Crippen LogP contribution in [0.5, 0.6) is 5.75 Å². The van der Waals surface area contributed by atoms with E-state index in [0.29, 0.717) is 36.1 Å². The number of carboxylic acid groups (broad SMARTS) is 1. The molecular formula is C16H19NO6S. The van der Waals surface area contributed by atoms with E-state index in [1.165, 1.54) is 24.5 Å². The lowest BCUT2D eigenvalue weighted by atomic mass is 10.3. The van der Waals surface area contributed by atoms with E-state index >= 15 is 0 Å². The highest BCUT2D eigenvalue weighted by Gasteiger charge is 2.22. The predicted molar refractivity (Wildman–Crippen MR) is 87.8 cm³/mol. The molecule has 24 heavy (non-hydrogen) atoms. The number of nitrogens with zero attached hydrogens (tertiary/aromatic N) is 1. The molecule has 1 amide bonds. The Labute approximate surface area is 143 Å². The maximum atomic E-state index is 12.8. The molecule has 130 valence electrons. The molecule has 0 radical (unpaired) electrons. The summed E-state index contributed by atoms with van der Waals surface area (Å²) in [7, 11) is 1.51. The van der Waals surface area contributed by atoms with Gasteiger partial charge in [0.25, 0.3) is 5.91 Å². The molecule has 0 aromatic carbocycles. The van der Waals surface area contributed by atoms with Gasteiger partial charge in [0, 0.05) is 13.2 Å². The molecule has 2 rings (SSSR count). The molecule has 0 aliphatic heterocycles. The zero-order chi connectivity index (χ0) is 17.5. The summed E-state index contributed by atoms with van der Waals surface area (Å²) in [5.74, 6) is -0.607. The largest absolute Gasteiger partial charge is 0.495 e. The molecule has 0 atom stereocenters. The quantitative estimate of drug-likeness (QED) is 0.697. The molecule has 0 aliphatic carbocycles. The Morgan fingerprint density at radius 3 is 2.75 bits per heavy atom. The van der Waals surface area contributed by atoms with Gasteiger partial charge in [-0.05, 0) is 30.5 Å². The monoisotopic (exact) mass is 353 g/mol. The molecule has 2 heterocycles. The van der Waals surface area contributed by atoms with Crippen LogP contribution in [-0.4, -0.2) is 48.8 Å². The van der Waals surface area contributed by atoms with Gasteiger partial charge < -0.3 is 23.9 Å². The molecule has 2 aromatic rings. The Morgan fingerprint density at radius 2 is 2.12 bits per heavy atom. The topological polar surface area (TPSA) is 89.2 Å². The van der Waals surface area contributed by atoms with Gasteiger partial charge in [-0.3, -0.25) is 4.79 Å². The van der Waals surface area contributed by atoms with Gasteiger partial charge in [-0.1, -0.05) is 0 Å². The van der Waals surface area contributed by atoms with E-state index < -0.39 is 5.97 Å². The van der Waals surface area contributed by atoms with E-state index in [1.54, 1.807) is 22.4 Å². The van der Waals surface area contributed by atoms with Crippen LogP contribution in [0.2, 0.25) is 0 Å². The highest BCUT2D eigenvalue weighted by molar-refractivity contribution is 7.12. The van der Waals surface area contributed by atoms with E-state index in [2.05, 4.69) is 0 Å². The van der Waals surface area contributed by atoms with Gasteiger partial charge in [-0.25, -0.2) is 4.79 Å². The summed E-state index contributed by atoms with van der Waals surface area (Å²) in [6, 6.07) is 4.65. The summed E-state index contributed by atoms with van der Waals surface area (Å²) >= 11 is 1.29. The van der Waals surface area contributed by atoms with Crippen LogP contribution in [0.1, 0.15) is 32.9 Å². The van der Waals surface area contributed by atoms with Gasteiger partial charge in [0.05, 0.1) is 20.3 Å². The molecular weight excluding hydrogens is 334 g/mol. The van der Waals surface area contributed by atoms with Crippen molar-refractivity contribution in [2.24, 2.45) is 0 Å². The summed E-state index contributed by atoms with van der Waals surface area (Å²) < 4.78 is 15.8. The SMILES string of the molecule is CCOCCN(Cc1ccc(C(=O)O)o1)C(=O)c1sccc1OC. The second-order valence-corrected chi connectivity index (χ2v) is 5.73. The molecule has 0 saturated carbocycles. The molecule has 2 aromatic heterocycles. The summed E-state index contributed by atoms with van der Waals surface area (Å²) in [4.78, 5) is 25.7. The van der Waals surface area contributed by atoms with E-state index in [1.807, 2.05) is 6.92 Å². The number of ether oxygens (including phenoxy) is 2. The van der Waals surface area contributed by atoms with Crippen molar-refractivity contribution < 1.29 is 28.6 Å². The fraction of sp³-hybridized carbons (Fsp3) is 0.375. The Kier molecular flexibility index (Phi) is 6.39. The highest BCUT2D eigenvalue weighted by Crippen LogP contribution is 2.26. The number of carbonyl (C=O) groups excluding carboxylic acids is 1. The lowest BCUT2D eigenvalue weighted by Crippen LogP contribution is -2.33. The van der Waals surface area contributed by atoms with Crippen molar-refractivity contribution in [3.63, 3.8) is 0 Å². The fourth-order valence-corrected chi connectivity index (χ4v) is 2.92. The van der Waals surface area contributed by atoms with E-state index in [0.717, 1.165) is 0 Å². The summed E-state index contributed by atoms with van der Waals surface area (Å²) in [6.07, 6.45) is 0. The molecule has 0 fully saturated rings. The first-order valence-corrected chi connectivity index (χ1v) is 8.25. The number of furan rings is 1. The molecule has 0 spiro atoms. The van der Waals surface area contributed by atoms with Crippen molar-refractivity contribution in [2.75, 3.05) is 26.9 Å². The number of hydrogen-bond acceptors (Lipinski definition) is 6. The number of amides is 1. The zero-order valence-electron chi connectivity index (χ0n) is 13.5. The minimum absolute atomic E-state index is 0.153. The maximum absolute atomic E-state index is 12.8. The maximum Gasteiger partial charge on any atom is 0.371 e. The van der Waals surface area contributed by atoms with Gasteiger partial charge in [0.15, 0.2) is 0 Å². The Balaban J connectivity index is 2.16. The predicted octanol–water partition coefficient (Wildman–Crippen LogP) is 2.73. The number of carbonyl (C=O) groups is 2. The van der Waals surface area contributed by atoms with Crippen molar-refractivity contribution in [1.82, 2.24) is 4.90 Å². The van der Waals surface area contributed by atoms with Crippen LogP contribution >= 0.6 is 11.3 Å². The van der Waals surface area contributed by atoms with Gasteiger partial charge in [-0.15, -0.1) is 11.3 Å². The number of hydrogen-bond donors (Lipinski definition) is 1. The smallest absolute Gasteiger partial charge is 0.371 e. The van der Waals surface area contributed by atoms with Crippen LogP contribution < -0.4 is 4.74 Å². The van der Waals surface area contributed by atoms with E-state index in [4.69, 9.17) is 19.0 Å². The molecule has 0 bridgehead atoms. The first kappa shape index (κ1) is 18.0. The first-order valence-electron chi connectivity index (χ1n) is 7.37. The second kappa shape index (κ2) is 8.51. The first-order chi connectivity index (χ1) is 11.6. The molecule has 0 aliphatic rings. The summed E-state index contributed by atoms with van der Waals surface area (Å²) in [5, 5.41) is 10.7. The third-order valence-electron chi connectivity index (χ3n) is 3.26. The highest BCUT2D eigenvalue weighted by atomic mass is 32.1. The molecule has 0 unspecified atom stereocenters. The fourth-order valence-electron chi connectivity index (χ4n) is 2.10. The van der Waals surface area contributed by atoms with Crippen LogP contribution in [0, 0.1) is 0 Å². The minimum Gasteiger partial charge on any atom is -0.495 e. The van der Waals surface area contributed by atoms with Crippen molar-refractivity contribution in [1.29, 1.82) is 0 Å². The average molecular weight is 353 g/mol. The number of aromatic carboxylic acids is 1.